The second kappa shape index (κ2) is 2.76. The molecule has 0 amide bonds. The molecule has 0 saturated heterocycles. The van der Waals surface area contributed by atoms with Crippen LogP contribution in [0.3, 0.4) is 0 Å². The van der Waals surface area contributed by atoms with Crippen molar-refractivity contribution in [2.24, 2.45) is 4.99 Å². The van der Waals surface area contributed by atoms with E-state index >= 15 is 0 Å². The second-order valence-corrected chi connectivity index (χ2v) is 3.69. The van der Waals surface area contributed by atoms with Crippen LogP contribution in [-0.2, 0) is 0 Å². The Morgan fingerprint density at radius 1 is 1.89 bits per heavy atom. The Balaban J connectivity index is 2.59. The number of hydrogen-bond acceptors (Lipinski definition) is 2. The lowest BCUT2D eigenvalue weighted by Gasteiger charge is -2.03. The van der Waals surface area contributed by atoms with Crippen LogP contribution >= 0.6 is 23.4 Å². The van der Waals surface area contributed by atoms with Crippen molar-refractivity contribution in [2.75, 3.05) is 0 Å². The lowest BCUT2D eigenvalue weighted by Crippen LogP contribution is -2.08. The molecule has 1 rings (SSSR count). The van der Waals surface area contributed by atoms with Crippen molar-refractivity contribution < 1.29 is 0 Å². The lowest BCUT2D eigenvalue weighted by atomic mass is 10.2. The van der Waals surface area contributed by atoms with Crippen LogP contribution in [0.5, 0.6) is 0 Å². The second-order valence-electron chi connectivity index (χ2n) is 1.94. The summed E-state index contributed by atoms with van der Waals surface area (Å²) < 4.78 is 0.660. The molecule has 2 atom stereocenters. The molecule has 0 N–H and O–H groups in total. The minimum absolute atomic E-state index is 0.306. The lowest BCUT2D eigenvalue weighted by molar-refractivity contribution is 0.792. The van der Waals surface area contributed by atoms with Crippen molar-refractivity contribution in [3.05, 3.63) is 12.7 Å². The zero-order valence-corrected chi connectivity index (χ0v) is 6.75. The van der Waals surface area contributed by atoms with Crippen LogP contribution in [0.15, 0.2) is 17.6 Å². The van der Waals surface area contributed by atoms with Gasteiger partial charge in [0.15, 0.2) is 4.50 Å². The molecule has 1 nitrogen and oxygen atoms in total. The third-order valence-corrected chi connectivity index (χ3v) is 2.77. The number of halogens is 1. The Morgan fingerprint density at radius 3 is 2.78 bits per heavy atom. The van der Waals surface area contributed by atoms with E-state index in [2.05, 4.69) is 11.6 Å². The fourth-order valence-corrected chi connectivity index (χ4v) is 1.99. The zero-order valence-electron chi connectivity index (χ0n) is 5.17. The van der Waals surface area contributed by atoms with Crippen molar-refractivity contribution in [1.82, 2.24) is 0 Å². The molecule has 0 radical (unpaired) electrons. The fraction of sp³-hybridized carbons (Fsp3) is 0.500. The molecule has 3 heteroatoms. The number of aliphatic imine (C=N–C) groups is 1. The van der Waals surface area contributed by atoms with E-state index in [1.807, 2.05) is 13.0 Å². The Kier molecular flexibility index (Phi) is 2.19. The summed E-state index contributed by atoms with van der Waals surface area (Å²) in [6.45, 7) is 5.71. The molecule has 2 unspecified atom stereocenters. The molecule has 0 spiro atoms. The molecule has 50 valence electrons. The third-order valence-electron chi connectivity index (χ3n) is 1.25. The molecule has 0 fully saturated rings. The van der Waals surface area contributed by atoms with E-state index < -0.39 is 0 Å². The van der Waals surface area contributed by atoms with E-state index in [1.54, 1.807) is 11.8 Å². The Morgan fingerprint density at radius 2 is 2.56 bits per heavy atom. The first-order valence-corrected chi connectivity index (χ1v) is 4.02. The molecular weight excluding hydrogens is 154 g/mol. The van der Waals surface area contributed by atoms with Crippen molar-refractivity contribution in [3.63, 3.8) is 0 Å². The molecule has 0 aromatic heterocycles. The van der Waals surface area contributed by atoms with E-state index in [-0.39, 0.29) is 0 Å². The number of rotatable bonds is 1. The highest BCUT2D eigenvalue weighted by atomic mass is 35.5. The van der Waals surface area contributed by atoms with Crippen LogP contribution in [-0.4, -0.2) is 15.8 Å². The standard InChI is InChI=1S/C6H8ClNS/c1-3-5-4(2)8-6(7)9-5/h3-5H,1H2,2H3. The van der Waals surface area contributed by atoms with Crippen LogP contribution in [0.1, 0.15) is 6.92 Å². The quantitative estimate of drug-likeness (QED) is 0.538. The van der Waals surface area contributed by atoms with Gasteiger partial charge >= 0.3 is 0 Å². The minimum atomic E-state index is 0.306. The van der Waals surface area contributed by atoms with E-state index in [9.17, 15) is 0 Å². The van der Waals surface area contributed by atoms with Gasteiger partial charge in [-0.25, -0.2) is 0 Å². The van der Waals surface area contributed by atoms with Crippen LogP contribution < -0.4 is 0 Å². The molecule has 0 bridgehead atoms. The van der Waals surface area contributed by atoms with Crippen molar-refractivity contribution in [3.8, 4) is 0 Å². The summed E-state index contributed by atoms with van der Waals surface area (Å²) in [6.07, 6.45) is 1.88. The summed E-state index contributed by atoms with van der Waals surface area (Å²) in [6, 6.07) is 0.306. The molecule has 0 aliphatic carbocycles. The van der Waals surface area contributed by atoms with Gasteiger partial charge in [-0.15, -0.1) is 6.58 Å². The molecule has 0 saturated carbocycles. The van der Waals surface area contributed by atoms with E-state index in [4.69, 9.17) is 11.6 Å². The zero-order chi connectivity index (χ0) is 6.85. The average Bonchev–Trinajstić information content (AvgIpc) is 2.10. The maximum Gasteiger partial charge on any atom is 0.159 e. The van der Waals surface area contributed by atoms with Gasteiger partial charge in [0.1, 0.15) is 0 Å². The number of hydrogen-bond donors (Lipinski definition) is 0. The topological polar surface area (TPSA) is 12.4 Å². The molecule has 1 heterocycles. The highest BCUT2D eigenvalue weighted by molar-refractivity contribution is 8.17. The van der Waals surface area contributed by atoms with Gasteiger partial charge in [0, 0.05) is 0 Å². The molecule has 1 aliphatic heterocycles. The Labute approximate surface area is 64.2 Å². The van der Waals surface area contributed by atoms with Gasteiger partial charge in [0.05, 0.1) is 11.3 Å². The van der Waals surface area contributed by atoms with Crippen molar-refractivity contribution >= 4 is 27.9 Å². The Bertz CT molecular complexity index is 155. The summed E-state index contributed by atoms with van der Waals surface area (Å²) >= 11 is 7.22. The first-order chi connectivity index (χ1) is 4.24. The largest absolute Gasteiger partial charge is 0.263 e. The first kappa shape index (κ1) is 7.16. The summed E-state index contributed by atoms with van der Waals surface area (Å²) in [5.74, 6) is 0. The third kappa shape index (κ3) is 1.49. The molecule has 9 heavy (non-hydrogen) atoms. The smallest absolute Gasteiger partial charge is 0.159 e. The van der Waals surface area contributed by atoms with Gasteiger partial charge in [0.25, 0.3) is 0 Å². The summed E-state index contributed by atoms with van der Waals surface area (Å²) in [5.41, 5.74) is 0. The van der Waals surface area contributed by atoms with Crippen LogP contribution in [0.2, 0.25) is 0 Å². The fourth-order valence-electron chi connectivity index (χ4n) is 0.720. The van der Waals surface area contributed by atoms with E-state index in [1.165, 1.54) is 0 Å². The minimum Gasteiger partial charge on any atom is -0.263 e. The summed E-state index contributed by atoms with van der Waals surface area (Å²) in [5, 5.41) is 0.387. The van der Waals surface area contributed by atoms with Gasteiger partial charge < -0.3 is 0 Å². The van der Waals surface area contributed by atoms with Gasteiger partial charge in [-0.05, 0) is 6.92 Å². The number of nitrogens with zero attached hydrogens (tertiary/aromatic N) is 1. The SMILES string of the molecule is C=CC1SC(Cl)=NC1C. The molecule has 1 aliphatic rings. The first-order valence-electron chi connectivity index (χ1n) is 2.76. The monoisotopic (exact) mass is 161 g/mol. The highest BCUT2D eigenvalue weighted by Gasteiger charge is 2.22. The summed E-state index contributed by atoms with van der Waals surface area (Å²) in [4.78, 5) is 4.11. The molecular formula is C6H8ClNS. The van der Waals surface area contributed by atoms with Gasteiger partial charge in [-0.1, -0.05) is 29.4 Å². The van der Waals surface area contributed by atoms with Crippen molar-refractivity contribution in [1.29, 1.82) is 0 Å². The molecule has 0 aromatic rings. The van der Waals surface area contributed by atoms with E-state index in [0.29, 0.717) is 15.8 Å². The van der Waals surface area contributed by atoms with Crippen LogP contribution in [0.4, 0.5) is 0 Å². The normalized spacial score (nSPS) is 34.2. The average molecular weight is 162 g/mol. The number of thioether (sulfide) groups is 1. The predicted molar refractivity (Wildman–Crippen MR) is 44.3 cm³/mol. The van der Waals surface area contributed by atoms with Gasteiger partial charge in [-0.3, -0.25) is 4.99 Å². The predicted octanol–water partition coefficient (Wildman–Crippen LogP) is 2.27. The van der Waals surface area contributed by atoms with Crippen LogP contribution in [0.25, 0.3) is 0 Å². The highest BCUT2D eigenvalue weighted by Crippen LogP contribution is 2.28. The van der Waals surface area contributed by atoms with Gasteiger partial charge in [0.2, 0.25) is 0 Å². The maximum atomic E-state index is 5.65. The summed E-state index contributed by atoms with van der Waals surface area (Å²) in [7, 11) is 0. The van der Waals surface area contributed by atoms with Crippen molar-refractivity contribution in [2.45, 2.75) is 18.2 Å². The Hall–Kier alpha value is 0.0500. The molecule has 0 aromatic carbocycles. The maximum absolute atomic E-state index is 5.65. The van der Waals surface area contributed by atoms with E-state index in [0.717, 1.165) is 0 Å². The van der Waals surface area contributed by atoms with Crippen LogP contribution in [0, 0.1) is 0 Å². The van der Waals surface area contributed by atoms with Gasteiger partial charge in [-0.2, -0.15) is 0 Å².